The van der Waals surface area contributed by atoms with Gasteiger partial charge in [0.1, 0.15) is 0 Å². The fraction of sp³-hybridized carbons (Fsp3) is 0.611. The highest BCUT2D eigenvalue weighted by Gasteiger charge is 2.27. The van der Waals surface area contributed by atoms with Gasteiger partial charge in [-0.1, -0.05) is 44.4 Å². The number of hydrogen-bond donors (Lipinski definition) is 1. The first-order valence-corrected chi connectivity index (χ1v) is 8.95. The molecule has 21 heavy (non-hydrogen) atoms. The van der Waals surface area contributed by atoms with Crippen LogP contribution in [0.3, 0.4) is 0 Å². The summed E-state index contributed by atoms with van der Waals surface area (Å²) in [7, 11) is 0. The smallest absolute Gasteiger partial charge is 0.230 e. The van der Waals surface area contributed by atoms with E-state index in [0.717, 1.165) is 12.3 Å². The molecule has 2 nitrogen and oxygen atoms in total. The molecule has 0 aromatic heterocycles. The largest absolute Gasteiger partial charge is 0.352 e. The normalized spacial score (nSPS) is 25.6. The fourth-order valence-electron chi connectivity index (χ4n) is 3.14. The van der Waals surface area contributed by atoms with Crippen LogP contribution >= 0.6 is 11.8 Å². The molecular formula is C18H27NOS. The molecule has 0 radical (unpaired) electrons. The summed E-state index contributed by atoms with van der Waals surface area (Å²) in [6.45, 7) is 8.78. The highest BCUT2D eigenvalue weighted by molar-refractivity contribution is 8.00. The van der Waals surface area contributed by atoms with Crippen molar-refractivity contribution in [3.8, 4) is 0 Å². The number of nitrogens with one attached hydrogen (secondary N) is 1. The van der Waals surface area contributed by atoms with Crippen LogP contribution in [0.15, 0.2) is 23.1 Å². The molecule has 116 valence electrons. The maximum absolute atomic E-state index is 12.2. The summed E-state index contributed by atoms with van der Waals surface area (Å²) in [6, 6.07) is 6.76. The Bertz CT molecular complexity index is 500. The first-order chi connectivity index (χ1) is 9.97. The topological polar surface area (TPSA) is 29.1 Å². The van der Waals surface area contributed by atoms with Crippen LogP contribution in [0, 0.1) is 25.7 Å². The lowest BCUT2D eigenvalue weighted by atomic mass is 9.78. The molecule has 0 bridgehead atoms. The molecule has 0 unspecified atom stereocenters. The summed E-state index contributed by atoms with van der Waals surface area (Å²) >= 11 is 1.64. The lowest BCUT2D eigenvalue weighted by molar-refractivity contribution is -0.119. The number of amides is 1. The van der Waals surface area contributed by atoms with Crippen molar-refractivity contribution in [2.45, 2.75) is 57.9 Å². The molecule has 1 aromatic rings. The molecule has 1 N–H and O–H groups in total. The zero-order valence-corrected chi connectivity index (χ0v) is 14.4. The zero-order chi connectivity index (χ0) is 15.4. The van der Waals surface area contributed by atoms with Crippen molar-refractivity contribution in [3.05, 3.63) is 29.3 Å². The lowest BCUT2D eigenvalue weighted by Gasteiger charge is -2.34. The first-order valence-electron chi connectivity index (χ1n) is 7.97. The van der Waals surface area contributed by atoms with E-state index in [9.17, 15) is 4.79 Å². The van der Waals surface area contributed by atoms with Crippen LogP contribution in [-0.4, -0.2) is 17.7 Å². The van der Waals surface area contributed by atoms with Crippen molar-refractivity contribution in [1.29, 1.82) is 0 Å². The monoisotopic (exact) mass is 305 g/mol. The maximum Gasteiger partial charge on any atom is 0.230 e. The molecule has 1 amide bonds. The van der Waals surface area contributed by atoms with Crippen LogP contribution in [0.25, 0.3) is 0 Å². The van der Waals surface area contributed by atoms with Gasteiger partial charge in [0.15, 0.2) is 0 Å². The second-order valence-electron chi connectivity index (χ2n) is 6.50. The van der Waals surface area contributed by atoms with Crippen LogP contribution in [0.2, 0.25) is 0 Å². The van der Waals surface area contributed by atoms with Crippen LogP contribution in [0.1, 0.15) is 44.2 Å². The van der Waals surface area contributed by atoms with Gasteiger partial charge in [-0.05, 0) is 43.7 Å². The minimum Gasteiger partial charge on any atom is -0.352 e. The van der Waals surface area contributed by atoms with Gasteiger partial charge >= 0.3 is 0 Å². The van der Waals surface area contributed by atoms with Gasteiger partial charge in [0.05, 0.1) is 5.75 Å². The van der Waals surface area contributed by atoms with Crippen molar-refractivity contribution in [2.75, 3.05) is 5.75 Å². The molecular weight excluding hydrogens is 278 g/mol. The first kappa shape index (κ1) is 16.4. The Kier molecular flexibility index (Phi) is 5.74. The van der Waals surface area contributed by atoms with E-state index >= 15 is 0 Å². The molecule has 1 aliphatic carbocycles. The Labute approximate surface area is 133 Å². The number of benzene rings is 1. The van der Waals surface area contributed by atoms with E-state index in [4.69, 9.17) is 0 Å². The Hall–Kier alpha value is -0.960. The summed E-state index contributed by atoms with van der Waals surface area (Å²) in [5.41, 5.74) is 2.53. The van der Waals surface area contributed by atoms with E-state index in [2.05, 4.69) is 51.2 Å². The zero-order valence-electron chi connectivity index (χ0n) is 13.6. The third kappa shape index (κ3) is 4.50. The molecule has 0 saturated heterocycles. The van der Waals surface area contributed by atoms with Gasteiger partial charge in [-0.2, -0.15) is 0 Å². The predicted molar refractivity (Wildman–Crippen MR) is 90.7 cm³/mol. The van der Waals surface area contributed by atoms with Crippen molar-refractivity contribution in [3.63, 3.8) is 0 Å². The molecule has 1 aliphatic rings. The highest BCUT2D eigenvalue weighted by Crippen LogP contribution is 2.29. The maximum atomic E-state index is 12.2. The van der Waals surface area contributed by atoms with Gasteiger partial charge in [-0.15, -0.1) is 11.8 Å². The molecule has 1 saturated carbocycles. The van der Waals surface area contributed by atoms with Gasteiger partial charge < -0.3 is 5.32 Å². The van der Waals surface area contributed by atoms with Crippen molar-refractivity contribution in [2.24, 2.45) is 11.8 Å². The van der Waals surface area contributed by atoms with E-state index in [-0.39, 0.29) is 5.91 Å². The van der Waals surface area contributed by atoms with E-state index in [1.54, 1.807) is 11.8 Å². The van der Waals surface area contributed by atoms with Gasteiger partial charge in [0, 0.05) is 10.9 Å². The average Bonchev–Trinajstić information content (AvgIpc) is 2.43. The third-order valence-corrected chi connectivity index (χ3v) is 5.92. The molecule has 0 aliphatic heterocycles. The summed E-state index contributed by atoms with van der Waals surface area (Å²) in [5.74, 6) is 2.00. The lowest BCUT2D eigenvalue weighted by Crippen LogP contribution is -2.44. The van der Waals surface area contributed by atoms with E-state index in [1.165, 1.54) is 28.9 Å². The van der Waals surface area contributed by atoms with E-state index in [0.29, 0.717) is 17.7 Å². The summed E-state index contributed by atoms with van der Waals surface area (Å²) < 4.78 is 0. The van der Waals surface area contributed by atoms with Crippen molar-refractivity contribution < 1.29 is 4.79 Å². The molecule has 1 aromatic carbocycles. The van der Waals surface area contributed by atoms with Crippen LogP contribution in [0.4, 0.5) is 0 Å². The van der Waals surface area contributed by atoms with Crippen LogP contribution < -0.4 is 5.32 Å². The molecule has 3 heteroatoms. The Morgan fingerprint density at radius 2 is 2.05 bits per heavy atom. The minimum absolute atomic E-state index is 0.172. The van der Waals surface area contributed by atoms with Crippen LogP contribution in [0.5, 0.6) is 0 Å². The second-order valence-corrected chi connectivity index (χ2v) is 7.52. The Morgan fingerprint density at radius 1 is 1.29 bits per heavy atom. The molecule has 1 fully saturated rings. The van der Waals surface area contributed by atoms with Crippen molar-refractivity contribution >= 4 is 17.7 Å². The number of thioether (sulfide) groups is 1. The second kappa shape index (κ2) is 7.35. The summed E-state index contributed by atoms with van der Waals surface area (Å²) in [4.78, 5) is 13.4. The van der Waals surface area contributed by atoms with Gasteiger partial charge in [-0.3, -0.25) is 4.79 Å². The molecule has 0 spiro atoms. The minimum atomic E-state index is 0.172. The average molecular weight is 305 g/mol. The summed E-state index contributed by atoms with van der Waals surface area (Å²) in [6.07, 6.45) is 3.66. The van der Waals surface area contributed by atoms with E-state index in [1.807, 2.05) is 0 Å². The predicted octanol–water partition coefficient (Wildman–Crippen LogP) is 4.34. The SMILES string of the molecule is Cc1ccc(SCC(=O)N[C@H]2CCC[C@H](C)[C@@H]2C)c(C)c1. The van der Waals surface area contributed by atoms with Crippen molar-refractivity contribution in [1.82, 2.24) is 5.32 Å². The Morgan fingerprint density at radius 3 is 2.76 bits per heavy atom. The number of rotatable bonds is 4. The quantitative estimate of drug-likeness (QED) is 0.839. The van der Waals surface area contributed by atoms with Gasteiger partial charge in [0.25, 0.3) is 0 Å². The number of hydrogen-bond acceptors (Lipinski definition) is 2. The third-order valence-electron chi connectivity index (χ3n) is 4.74. The van der Waals surface area contributed by atoms with Gasteiger partial charge in [0.2, 0.25) is 5.91 Å². The molecule has 0 heterocycles. The number of carbonyl (C=O) groups is 1. The fourth-order valence-corrected chi connectivity index (χ4v) is 3.96. The van der Waals surface area contributed by atoms with Gasteiger partial charge in [-0.25, -0.2) is 0 Å². The highest BCUT2D eigenvalue weighted by atomic mass is 32.2. The number of aryl methyl sites for hydroxylation is 2. The molecule has 2 rings (SSSR count). The van der Waals surface area contributed by atoms with Crippen LogP contribution in [-0.2, 0) is 4.79 Å². The summed E-state index contributed by atoms with van der Waals surface area (Å²) in [5, 5.41) is 3.24. The number of carbonyl (C=O) groups excluding carboxylic acids is 1. The molecule has 3 atom stereocenters. The Balaban J connectivity index is 1.84. The van der Waals surface area contributed by atoms with E-state index < -0.39 is 0 Å². The standard InChI is InChI=1S/C18H27NOS/c1-12-8-9-17(14(3)10-12)21-11-18(20)19-16-7-5-6-13(2)15(16)4/h8-10,13,15-16H,5-7,11H2,1-4H3,(H,19,20)/t13-,15-,16-/m0/s1.